The second-order valence-electron chi connectivity index (χ2n) is 5.66. The lowest BCUT2D eigenvalue weighted by molar-refractivity contribution is -0.130. The van der Waals surface area contributed by atoms with Crippen LogP contribution in [0.15, 0.2) is 0 Å². The molecule has 1 fully saturated rings. The lowest BCUT2D eigenvalue weighted by atomic mass is 10.0. The fourth-order valence-corrected chi connectivity index (χ4v) is 2.68. The predicted octanol–water partition coefficient (Wildman–Crippen LogP) is 2.40. The lowest BCUT2D eigenvalue weighted by Crippen LogP contribution is -2.33. The van der Waals surface area contributed by atoms with Crippen molar-refractivity contribution < 1.29 is 4.79 Å². The summed E-state index contributed by atoms with van der Waals surface area (Å²) in [5.41, 5.74) is 5.57. The van der Waals surface area contributed by atoms with Gasteiger partial charge in [-0.2, -0.15) is 0 Å². The minimum atomic E-state index is 0.281. The van der Waals surface area contributed by atoms with Gasteiger partial charge in [0.2, 0.25) is 5.91 Å². The van der Waals surface area contributed by atoms with Gasteiger partial charge >= 0.3 is 0 Å². The highest BCUT2D eigenvalue weighted by Crippen LogP contribution is 2.28. The molecule has 3 nitrogen and oxygen atoms in total. The Hall–Kier alpha value is -0.570. The summed E-state index contributed by atoms with van der Waals surface area (Å²) in [5.74, 6) is 1.58. The topological polar surface area (TPSA) is 46.3 Å². The maximum Gasteiger partial charge on any atom is 0.222 e. The predicted molar refractivity (Wildman–Crippen MR) is 71.7 cm³/mol. The van der Waals surface area contributed by atoms with E-state index in [1.807, 2.05) is 11.9 Å². The van der Waals surface area contributed by atoms with Gasteiger partial charge in [-0.25, -0.2) is 0 Å². The maximum atomic E-state index is 11.9. The Kier molecular flexibility index (Phi) is 6.56. The molecule has 0 heterocycles. The Labute approximate surface area is 106 Å². The number of carbonyl (C=O) groups excluding carboxylic acids is 1. The van der Waals surface area contributed by atoms with Crippen LogP contribution in [0.4, 0.5) is 0 Å². The van der Waals surface area contributed by atoms with Crippen molar-refractivity contribution in [2.45, 2.75) is 51.9 Å². The number of nitrogens with two attached hydrogens (primary N) is 1. The van der Waals surface area contributed by atoms with E-state index in [-0.39, 0.29) is 5.91 Å². The third-order valence-electron chi connectivity index (χ3n) is 3.89. The van der Waals surface area contributed by atoms with Crippen LogP contribution in [0.5, 0.6) is 0 Å². The molecule has 1 aliphatic rings. The maximum absolute atomic E-state index is 11.9. The Morgan fingerprint density at radius 3 is 2.65 bits per heavy atom. The summed E-state index contributed by atoms with van der Waals surface area (Å²) in [4.78, 5) is 13.7. The van der Waals surface area contributed by atoms with Crippen LogP contribution in [0.3, 0.4) is 0 Å². The minimum Gasteiger partial charge on any atom is -0.345 e. The van der Waals surface area contributed by atoms with E-state index in [0.29, 0.717) is 18.9 Å². The first-order chi connectivity index (χ1) is 8.13. The summed E-state index contributed by atoms with van der Waals surface area (Å²) >= 11 is 0. The van der Waals surface area contributed by atoms with Crippen LogP contribution < -0.4 is 5.73 Å². The molecule has 0 bridgehead atoms. The third-order valence-corrected chi connectivity index (χ3v) is 3.89. The molecule has 1 saturated carbocycles. The zero-order valence-electron chi connectivity index (χ0n) is 11.5. The second-order valence-corrected chi connectivity index (χ2v) is 5.66. The van der Waals surface area contributed by atoms with E-state index in [4.69, 9.17) is 5.73 Å². The van der Waals surface area contributed by atoms with Gasteiger partial charge < -0.3 is 10.6 Å². The SMILES string of the molecule is CC(CN)CN(C)C(=O)CCCC1CCCC1. The second kappa shape index (κ2) is 7.70. The molecular formula is C14H28N2O. The number of nitrogens with zero attached hydrogens (tertiary/aromatic N) is 1. The first-order valence-corrected chi connectivity index (χ1v) is 7.07. The summed E-state index contributed by atoms with van der Waals surface area (Å²) in [6, 6.07) is 0. The highest BCUT2D eigenvalue weighted by Gasteiger charge is 2.16. The molecule has 1 amide bonds. The lowest BCUT2D eigenvalue weighted by Gasteiger charge is -2.21. The zero-order valence-corrected chi connectivity index (χ0v) is 11.5. The molecule has 0 aromatic rings. The van der Waals surface area contributed by atoms with Gasteiger partial charge in [-0.3, -0.25) is 4.79 Å². The van der Waals surface area contributed by atoms with E-state index < -0.39 is 0 Å². The monoisotopic (exact) mass is 240 g/mol. The molecule has 0 spiro atoms. The normalized spacial score (nSPS) is 18.3. The molecule has 0 aliphatic heterocycles. The fraction of sp³-hybridized carbons (Fsp3) is 0.929. The summed E-state index contributed by atoms with van der Waals surface area (Å²) in [5, 5.41) is 0. The summed E-state index contributed by atoms with van der Waals surface area (Å²) in [6.07, 6.45) is 8.57. The molecule has 0 saturated heterocycles. The van der Waals surface area contributed by atoms with E-state index >= 15 is 0 Å². The molecule has 0 aromatic carbocycles. The van der Waals surface area contributed by atoms with Gasteiger partial charge in [0.1, 0.15) is 0 Å². The molecule has 1 rings (SSSR count). The molecule has 2 N–H and O–H groups in total. The summed E-state index contributed by atoms with van der Waals surface area (Å²) in [6.45, 7) is 3.53. The molecular weight excluding hydrogens is 212 g/mol. The molecule has 1 aliphatic carbocycles. The number of amides is 1. The van der Waals surface area contributed by atoms with Crippen LogP contribution >= 0.6 is 0 Å². The number of hydrogen-bond donors (Lipinski definition) is 1. The smallest absolute Gasteiger partial charge is 0.222 e. The third kappa shape index (κ3) is 5.53. The van der Waals surface area contributed by atoms with Crippen molar-refractivity contribution in [2.75, 3.05) is 20.1 Å². The molecule has 0 aromatic heterocycles. The van der Waals surface area contributed by atoms with Crippen LogP contribution in [-0.2, 0) is 4.79 Å². The number of hydrogen-bond acceptors (Lipinski definition) is 2. The van der Waals surface area contributed by atoms with Gasteiger partial charge in [0.15, 0.2) is 0 Å². The van der Waals surface area contributed by atoms with Crippen LogP contribution in [0, 0.1) is 11.8 Å². The average molecular weight is 240 g/mol. The largest absolute Gasteiger partial charge is 0.345 e. The Morgan fingerprint density at radius 2 is 2.06 bits per heavy atom. The van der Waals surface area contributed by atoms with Crippen LogP contribution in [0.1, 0.15) is 51.9 Å². The van der Waals surface area contributed by atoms with Crippen molar-refractivity contribution in [3.8, 4) is 0 Å². The summed E-state index contributed by atoms with van der Waals surface area (Å²) < 4.78 is 0. The van der Waals surface area contributed by atoms with Crippen molar-refractivity contribution in [1.82, 2.24) is 4.90 Å². The molecule has 0 radical (unpaired) electrons. The molecule has 100 valence electrons. The van der Waals surface area contributed by atoms with E-state index in [1.165, 1.54) is 32.1 Å². The van der Waals surface area contributed by atoms with Crippen LogP contribution in [-0.4, -0.2) is 30.9 Å². The number of carbonyl (C=O) groups is 1. The Balaban J connectivity index is 2.10. The zero-order chi connectivity index (χ0) is 12.7. The van der Waals surface area contributed by atoms with Gasteiger partial charge in [-0.05, 0) is 31.2 Å². The van der Waals surface area contributed by atoms with Crippen LogP contribution in [0.2, 0.25) is 0 Å². The highest BCUT2D eigenvalue weighted by molar-refractivity contribution is 5.75. The van der Waals surface area contributed by atoms with E-state index in [0.717, 1.165) is 18.9 Å². The van der Waals surface area contributed by atoms with Gasteiger partial charge in [-0.15, -0.1) is 0 Å². The van der Waals surface area contributed by atoms with E-state index in [9.17, 15) is 4.79 Å². The standard InChI is InChI=1S/C14H28N2O/c1-12(10-15)11-16(2)14(17)9-5-8-13-6-3-4-7-13/h12-13H,3-11,15H2,1-2H3. The van der Waals surface area contributed by atoms with Crippen molar-refractivity contribution in [3.63, 3.8) is 0 Å². The Bertz CT molecular complexity index is 224. The van der Waals surface area contributed by atoms with Crippen molar-refractivity contribution >= 4 is 5.91 Å². The molecule has 1 unspecified atom stereocenters. The van der Waals surface area contributed by atoms with Crippen molar-refractivity contribution in [2.24, 2.45) is 17.6 Å². The van der Waals surface area contributed by atoms with Crippen LogP contribution in [0.25, 0.3) is 0 Å². The van der Waals surface area contributed by atoms with Crippen molar-refractivity contribution in [3.05, 3.63) is 0 Å². The first kappa shape index (κ1) is 14.5. The fourth-order valence-electron chi connectivity index (χ4n) is 2.68. The molecule has 17 heavy (non-hydrogen) atoms. The summed E-state index contributed by atoms with van der Waals surface area (Å²) in [7, 11) is 1.89. The van der Waals surface area contributed by atoms with Gasteiger partial charge in [0.25, 0.3) is 0 Å². The minimum absolute atomic E-state index is 0.281. The highest BCUT2D eigenvalue weighted by atomic mass is 16.2. The quantitative estimate of drug-likeness (QED) is 0.742. The van der Waals surface area contributed by atoms with E-state index in [1.54, 1.807) is 0 Å². The first-order valence-electron chi connectivity index (χ1n) is 7.07. The van der Waals surface area contributed by atoms with E-state index in [2.05, 4.69) is 6.92 Å². The van der Waals surface area contributed by atoms with Gasteiger partial charge in [0.05, 0.1) is 0 Å². The average Bonchev–Trinajstić information content (AvgIpc) is 2.81. The molecule has 1 atom stereocenters. The van der Waals surface area contributed by atoms with Gasteiger partial charge in [-0.1, -0.05) is 32.6 Å². The Morgan fingerprint density at radius 1 is 1.41 bits per heavy atom. The molecule has 3 heteroatoms. The van der Waals surface area contributed by atoms with Crippen molar-refractivity contribution in [1.29, 1.82) is 0 Å². The van der Waals surface area contributed by atoms with Gasteiger partial charge in [0, 0.05) is 20.0 Å². The number of rotatable bonds is 7.